The number of furan rings is 1. The molecule has 0 saturated carbocycles. The van der Waals surface area contributed by atoms with E-state index in [9.17, 15) is 14.7 Å². The van der Waals surface area contributed by atoms with Gasteiger partial charge in [-0.1, -0.05) is 45.0 Å². The molecule has 1 saturated heterocycles. The van der Waals surface area contributed by atoms with Gasteiger partial charge >= 0.3 is 0 Å². The molecule has 0 spiro atoms. The molecule has 2 heterocycles. The lowest BCUT2D eigenvalue weighted by atomic mass is 9.85. The maximum atomic E-state index is 13.2. The van der Waals surface area contributed by atoms with Gasteiger partial charge in [0.2, 0.25) is 0 Å². The molecule has 0 aliphatic carbocycles. The minimum absolute atomic E-state index is 0.0448. The Balaban J connectivity index is 1.81. The van der Waals surface area contributed by atoms with Crippen LogP contribution >= 0.6 is 0 Å². The number of benzene rings is 2. The number of amides is 1. The molecule has 1 unspecified atom stereocenters. The average Bonchev–Trinajstić information content (AvgIpc) is 3.41. The van der Waals surface area contributed by atoms with E-state index < -0.39 is 17.7 Å². The number of nitrogens with zero attached hydrogens (tertiary/aromatic N) is 1. The highest BCUT2D eigenvalue weighted by Gasteiger charge is 2.46. The minimum atomic E-state index is -0.745. The van der Waals surface area contributed by atoms with Gasteiger partial charge in [-0.25, -0.2) is 0 Å². The van der Waals surface area contributed by atoms with Crippen LogP contribution in [-0.2, 0) is 21.5 Å². The lowest BCUT2D eigenvalue weighted by Crippen LogP contribution is -2.29. The fourth-order valence-corrected chi connectivity index (χ4v) is 4.16. The van der Waals surface area contributed by atoms with Gasteiger partial charge in [-0.2, -0.15) is 0 Å². The number of aliphatic hydroxyl groups excluding tert-OH is 1. The van der Waals surface area contributed by atoms with E-state index in [4.69, 9.17) is 9.15 Å². The largest absolute Gasteiger partial charge is 0.507 e. The van der Waals surface area contributed by atoms with Crippen LogP contribution in [0.15, 0.2) is 76.9 Å². The number of hydrogen-bond acceptors (Lipinski definition) is 5. The molecule has 6 nitrogen and oxygen atoms in total. The summed E-state index contributed by atoms with van der Waals surface area (Å²) in [5.41, 5.74) is 2.33. The van der Waals surface area contributed by atoms with Gasteiger partial charge in [0.1, 0.15) is 17.3 Å². The quantitative estimate of drug-likeness (QED) is 0.295. The second-order valence-electron chi connectivity index (χ2n) is 9.34. The first-order chi connectivity index (χ1) is 16.2. The predicted molar refractivity (Wildman–Crippen MR) is 129 cm³/mol. The van der Waals surface area contributed by atoms with Gasteiger partial charge in [-0.3, -0.25) is 9.59 Å². The summed E-state index contributed by atoms with van der Waals surface area (Å²) < 4.78 is 10.9. The first kappa shape index (κ1) is 23.4. The second-order valence-corrected chi connectivity index (χ2v) is 9.34. The lowest BCUT2D eigenvalue weighted by Gasteiger charge is -2.26. The third kappa shape index (κ3) is 4.49. The summed E-state index contributed by atoms with van der Waals surface area (Å²) in [5, 5.41) is 11.2. The average molecular weight is 460 g/mol. The Labute approximate surface area is 199 Å². The SMILES string of the molecule is CCOc1ccc(/C(O)=C2/C(=O)C(=O)N(Cc3ccco3)C2c2ccc(C(C)(C)C)cc2)cc1. The molecular weight excluding hydrogens is 430 g/mol. The molecule has 1 aliphatic heterocycles. The van der Waals surface area contributed by atoms with Gasteiger partial charge in [-0.15, -0.1) is 0 Å². The summed E-state index contributed by atoms with van der Waals surface area (Å²) in [6.07, 6.45) is 1.53. The van der Waals surface area contributed by atoms with Gasteiger partial charge in [0.25, 0.3) is 11.7 Å². The first-order valence-electron chi connectivity index (χ1n) is 11.3. The molecule has 1 aliphatic rings. The van der Waals surface area contributed by atoms with Crippen LogP contribution in [0.4, 0.5) is 0 Å². The number of Topliss-reactive ketones (excluding diaryl/α,β-unsaturated/α-hetero) is 1. The zero-order valence-corrected chi connectivity index (χ0v) is 19.9. The molecule has 1 N–H and O–H groups in total. The number of carbonyl (C=O) groups excluding carboxylic acids is 2. The standard InChI is InChI=1S/C28H29NO5/c1-5-33-21-14-10-19(11-15-21)25(30)23-24(18-8-12-20(13-9-18)28(2,3)4)29(27(32)26(23)31)17-22-7-6-16-34-22/h6-16,24,30H,5,17H2,1-4H3/b25-23-. The molecule has 1 fully saturated rings. The van der Waals surface area contributed by atoms with E-state index in [-0.39, 0.29) is 23.3 Å². The van der Waals surface area contributed by atoms with E-state index in [1.54, 1.807) is 36.4 Å². The van der Waals surface area contributed by atoms with Crippen LogP contribution in [0.5, 0.6) is 5.75 Å². The van der Waals surface area contributed by atoms with Gasteiger partial charge in [0, 0.05) is 5.56 Å². The summed E-state index contributed by atoms with van der Waals surface area (Å²) in [5.74, 6) is -0.393. The number of likely N-dealkylation sites (tertiary alicyclic amines) is 1. The van der Waals surface area contributed by atoms with Crippen LogP contribution in [-0.4, -0.2) is 28.3 Å². The molecule has 4 rings (SSSR count). The van der Waals surface area contributed by atoms with Crippen LogP contribution in [0.2, 0.25) is 0 Å². The molecular formula is C28H29NO5. The maximum absolute atomic E-state index is 13.2. The van der Waals surface area contributed by atoms with Crippen molar-refractivity contribution < 1.29 is 23.8 Å². The molecule has 1 atom stereocenters. The molecule has 0 radical (unpaired) electrons. The van der Waals surface area contributed by atoms with Crippen LogP contribution in [0.3, 0.4) is 0 Å². The van der Waals surface area contributed by atoms with Gasteiger partial charge < -0.3 is 19.2 Å². The first-order valence-corrected chi connectivity index (χ1v) is 11.3. The summed E-state index contributed by atoms with van der Waals surface area (Å²) >= 11 is 0. The highest BCUT2D eigenvalue weighted by atomic mass is 16.5. The number of ketones is 1. The Kier molecular flexibility index (Phi) is 6.33. The third-order valence-electron chi connectivity index (χ3n) is 5.98. The Morgan fingerprint density at radius 3 is 2.26 bits per heavy atom. The minimum Gasteiger partial charge on any atom is -0.507 e. The van der Waals surface area contributed by atoms with E-state index in [0.717, 1.165) is 11.1 Å². The summed E-state index contributed by atoms with van der Waals surface area (Å²) in [6.45, 7) is 8.89. The Hall–Kier alpha value is -3.80. The lowest BCUT2D eigenvalue weighted by molar-refractivity contribution is -0.140. The summed E-state index contributed by atoms with van der Waals surface area (Å²) in [7, 11) is 0. The van der Waals surface area contributed by atoms with Crippen molar-refractivity contribution in [3.05, 3.63) is 95.0 Å². The van der Waals surface area contributed by atoms with Crippen LogP contribution in [0.1, 0.15) is 56.2 Å². The van der Waals surface area contributed by atoms with Crippen molar-refractivity contribution in [2.75, 3.05) is 6.61 Å². The second kappa shape index (κ2) is 9.21. The van der Waals surface area contributed by atoms with Crippen molar-refractivity contribution in [2.45, 2.75) is 45.7 Å². The third-order valence-corrected chi connectivity index (χ3v) is 5.98. The molecule has 1 amide bonds. The summed E-state index contributed by atoms with van der Waals surface area (Å²) in [4.78, 5) is 27.7. The van der Waals surface area contributed by atoms with E-state index >= 15 is 0 Å². The van der Waals surface area contributed by atoms with Gasteiger partial charge in [-0.05, 0) is 59.9 Å². The number of carbonyl (C=O) groups is 2. The Morgan fingerprint density at radius 2 is 1.71 bits per heavy atom. The number of rotatable bonds is 6. The monoisotopic (exact) mass is 459 g/mol. The smallest absolute Gasteiger partial charge is 0.296 e. The molecule has 1 aromatic heterocycles. The van der Waals surface area contributed by atoms with Crippen molar-refractivity contribution >= 4 is 17.4 Å². The predicted octanol–water partition coefficient (Wildman–Crippen LogP) is 5.60. The Bertz CT molecular complexity index is 1200. The number of aliphatic hydroxyl groups is 1. The molecule has 0 bridgehead atoms. The van der Waals surface area contributed by atoms with Crippen LogP contribution in [0, 0.1) is 0 Å². The van der Waals surface area contributed by atoms with E-state index in [1.165, 1.54) is 11.2 Å². The number of ether oxygens (including phenoxy) is 1. The summed E-state index contributed by atoms with van der Waals surface area (Å²) in [6, 6.07) is 17.4. The van der Waals surface area contributed by atoms with Crippen LogP contribution < -0.4 is 4.74 Å². The van der Waals surface area contributed by atoms with Crippen molar-refractivity contribution in [2.24, 2.45) is 0 Å². The Morgan fingerprint density at radius 1 is 1.03 bits per heavy atom. The fourth-order valence-electron chi connectivity index (χ4n) is 4.16. The van der Waals surface area contributed by atoms with Crippen LogP contribution in [0.25, 0.3) is 5.76 Å². The highest BCUT2D eigenvalue weighted by molar-refractivity contribution is 6.46. The maximum Gasteiger partial charge on any atom is 0.296 e. The van der Waals surface area contributed by atoms with Gasteiger partial charge in [0.15, 0.2) is 0 Å². The van der Waals surface area contributed by atoms with E-state index in [0.29, 0.717) is 23.7 Å². The molecule has 34 heavy (non-hydrogen) atoms. The molecule has 6 heteroatoms. The van der Waals surface area contributed by atoms with E-state index in [1.807, 2.05) is 31.2 Å². The van der Waals surface area contributed by atoms with Crippen molar-refractivity contribution in [3.8, 4) is 5.75 Å². The van der Waals surface area contributed by atoms with Crippen molar-refractivity contribution in [1.29, 1.82) is 0 Å². The topological polar surface area (TPSA) is 80.0 Å². The zero-order valence-electron chi connectivity index (χ0n) is 19.9. The fraction of sp³-hybridized carbons (Fsp3) is 0.286. The van der Waals surface area contributed by atoms with E-state index in [2.05, 4.69) is 20.8 Å². The number of hydrogen-bond donors (Lipinski definition) is 1. The highest BCUT2D eigenvalue weighted by Crippen LogP contribution is 2.41. The molecule has 3 aromatic rings. The zero-order chi connectivity index (χ0) is 24.5. The van der Waals surface area contributed by atoms with Crippen molar-refractivity contribution in [1.82, 2.24) is 4.90 Å². The van der Waals surface area contributed by atoms with Gasteiger partial charge in [0.05, 0.1) is 31.0 Å². The molecule has 2 aromatic carbocycles. The van der Waals surface area contributed by atoms with Crippen molar-refractivity contribution in [3.63, 3.8) is 0 Å². The molecule has 176 valence electrons. The normalized spacial score (nSPS) is 17.9.